The Morgan fingerprint density at radius 1 is 0.626 bits per heavy atom. The lowest BCUT2D eigenvalue weighted by Crippen LogP contribution is -2.60. The van der Waals surface area contributed by atoms with E-state index in [2.05, 4.69) is 50.1 Å². The van der Waals surface area contributed by atoms with E-state index in [0.29, 0.717) is 12.8 Å². The van der Waals surface area contributed by atoms with Gasteiger partial charge >= 0.3 is 12.2 Å². The van der Waals surface area contributed by atoms with Crippen molar-refractivity contribution in [2.24, 2.45) is 11.1 Å². The van der Waals surface area contributed by atoms with Crippen molar-refractivity contribution in [2.75, 3.05) is 33.3 Å². The van der Waals surface area contributed by atoms with Gasteiger partial charge in [0, 0.05) is 51.5 Å². The minimum atomic E-state index is -1.13. The van der Waals surface area contributed by atoms with Gasteiger partial charge in [-0.15, -0.1) is 0 Å². The van der Waals surface area contributed by atoms with Gasteiger partial charge in [0.25, 0.3) is 0 Å². The molecular formula is C70H92N10O11. The zero-order valence-electron chi connectivity index (χ0n) is 53.9. The van der Waals surface area contributed by atoms with Gasteiger partial charge in [-0.2, -0.15) is 0 Å². The molecule has 9 amide bonds. The van der Waals surface area contributed by atoms with Crippen LogP contribution >= 0.6 is 0 Å². The molecule has 8 N–H and O–H groups in total. The molecule has 21 nitrogen and oxygen atoms in total. The molecule has 0 bridgehead atoms. The average Bonchev–Trinajstić information content (AvgIpc) is 1.67. The Bertz CT molecular complexity index is 3300. The smallest absolute Gasteiger partial charge is 0.410 e. The summed E-state index contributed by atoms with van der Waals surface area (Å²) >= 11 is 0. The number of amides is 9. The number of fused-ring (bicyclic) bond motifs is 5. The quantitative estimate of drug-likeness (QED) is 0.0410. The first-order valence-corrected chi connectivity index (χ1v) is 32.4. The van der Waals surface area contributed by atoms with Gasteiger partial charge in [0.15, 0.2) is 0 Å². The molecule has 1 unspecified atom stereocenters. The van der Waals surface area contributed by atoms with Crippen LogP contribution in [0.5, 0.6) is 0 Å². The van der Waals surface area contributed by atoms with Crippen molar-refractivity contribution < 1.29 is 52.6 Å². The third kappa shape index (κ3) is 16.6. The summed E-state index contributed by atoms with van der Waals surface area (Å²) in [5.74, 6) is -3.12. The second-order valence-electron chi connectivity index (χ2n) is 27.2. The van der Waals surface area contributed by atoms with Gasteiger partial charge in [-0.05, 0) is 148 Å². The largest absolute Gasteiger partial charge is 0.449 e. The molecule has 2 fully saturated rings. The van der Waals surface area contributed by atoms with Gasteiger partial charge < -0.3 is 56.9 Å². The van der Waals surface area contributed by atoms with Gasteiger partial charge in [-0.25, -0.2) is 9.59 Å². The van der Waals surface area contributed by atoms with Crippen molar-refractivity contribution in [3.8, 4) is 11.1 Å². The van der Waals surface area contributed by atoms with Crippen molar-refractivity contribution in [2.45, 2.75) is 198 Å². The van der Waals surface area contributed by atoms with E-state index in [0.717, 1.165) is 75.9 Å². The highest BCUT2D eigenvalue weighted by Gasteiger charge is 2.47. The zero-order chi connectivity index (χ0) is 65.3. The van der Waals surface area contributed by atoms with Gasteiger partial charge in [0.1, 0.15) is 36.4 Å². The molecule has 0 radical (unpaired) electrons. The Morgan fingerprint density at radius 2 is 1.12 bits per heavy atom. The molecule has 9 rings (SSSR count). The Kier molecular flexibility index (Phi) is 21.6. The molecule has 0 aromatic heterocycles. The van der Waals surface area contributed by atoms with Crippen LogP contribution in [0.2, 0.25) is 0 Å². The molecule has 2 saturated heterocycles. The number of ether oxygens (including phenoxy) is 2. The highest BCUT2D eigenvalue weighted by atomic mass is 16.6. The maximum atomic E-state index is 14.9. The molecule has 0 spiro atoms. The highest BCUT2D eigenvalue weighted by molar-refractivity contribution is 5.95. The summed E-state index contributed by atoms with van der Waals surface area (Å²) < 4.78 is 11.3. The standard InChI is InChI=1S/C70H92N10O11/c1-42(78(8)68(89)91-70(5,6)7)62(83)77-61(69(2,3)4)66(87)80-39-45(37-58(80)64(85)76-56-33-18-24-44-22-10-12-26-48(44)56)73-60(82)35-19-34-59(81)72-36-20-31-54(71)65(86)79-40-46(38-57(79)63(84)75-55-32-17-23-43-21-9-11-25-47(43)55)74-67(88)90-41-53-51-29-15-13-27-49(51)50-28-14-16-30-52(50)53/h9-16,21-22,25-30,42,45-46,53-58,61H,17-20,23-24,31-41,71H2,1-8H3,(H,72,81)(H,73,82)(H,74,88)(H,75,84)(H,76,85)(H,77,83)/t42-,45-,46-,54-,55+,56?,57-,58-,61+/m0/s1. The number of rotatable bonds is 21. The number of nitrogens with zero attached hydrogens (tertiary/aromatic N) is 3. The minimum Gasteiger partial charge on any atom is -0.449 e. The molecule has 4 aromatic carbocycles. The fourth-order valence-corrected chi connectivity index (χ4v) is 13.4. The number of benzene rings is 4. The van der Waals surface area contributed by atoms with Crippen LogP contribution in [0.1, 0.15) is 170 Å². The minimum absolute atomic E-state index is 0.0180. The molecule has 2 aliphatic heterocycles. The maximum absolute atomic E-state index is 14.9. The van der Waals surface area contributed by atoms with Crippen LogP contribution in [-0.2, 0) is 55.9 Å². The van der Waals surface area contributed by atoms with E-state index in [1.165, 1.54) is 29.3 Å². The number of hydrogen-bond acceptors (Lipinski definition) is 12. The van der Waals surface area contributed by atoms with Gasteiger partial charge in [0.05, 0.1) is 24.2 Å². The molecule has 4 aromatic rings. The predicted octanol–water partition coefficient (Wildman–Crippen LogP) is 7.15. The first-order chi connectivity index (χ1) is 43.3. The zero-order valence-corrected chi connectivity index (χ0v) is 53.9. The number of likely N-dealkylation sites (N-methyl/N-ethyl adjacent to an activating group) is 1. The van der Waals surface area contributed by atoms with Gasteiger partial charge in [-0.1, -0.05) is 118 Å². The first-order valence-electron chi connectivity index (χ1n) is 32.4. The van der Waals surface area contributed by atoms with Crippen LogP contribution in [0.15, 0.2) is 97.1 Å². The molecule has 21 heteroatoms. The number of carbonyl (C=O) groups excluding carboxylic acids is 9. The summed E-state index contributed by atoms with van der Waals surface area (Å²) in [6, 6.07) is 25.3. The van der Waals surface area contributed by atoms with Crippen molar-refractivity contribution >= 4 is 53.5 Å². The first kappa shape index (κ1) is 67.1. The lowest BCUT2D eigenvalue weighted by molar-refractivity contribution is -0.144. The average molecular weight is 1250 g/mol. The fraction of sp³-hybridized carbons (Fsp3) is 0.529. The number of likely N-dealkylation sites (tertiary alicyclic amines) is 2. The van der Waals surface area contributed by atoms with E-state index < -0.39 is 83.2 Å². The molecule has 5 aliphatic rings. The fourth-order valence-electron chi connectivity index (χ4n) is 13.4. The van der Waals surface area contributed by atoms with Crippen LogP contribution in [0.4, 0.5) is 9.59 Å². The molecule has 3 aliphatic carbocycles. The molecule has 0 saturated carbocycles. The van der Waals surface area contributed by atoms with E-state index in [9.17, 15) is 43.2 Å². The van der Waals surface area contributed by atoms with Crippen molar-refractivity contribution in [1.82, 2.24) is 46.6 Å². The monoisotopic (exact) mass is 1250 g/mol. The molecule has 91 heavy (non-hydrogen) atoms. The van der Waals surface area contributed by atoms with E-state index in [1.807, 2.05) is 78.9 Å². The lowest BCUT2D eigenvalue weighted by atomic mass is 9.85. The SMILES string of the molecule is C[C@@H](C(=O)N[C@H](C(=O)N1C[C@@H](NC(=O)CCCC(=O)NCCC[C@H](N)C(=O)N2C[C@@H](NC(=O)OCC3c4ccccc4-c4ccccc43)C[C@H]2C(=O)N[C@@H]2CCCc3ccccc32)C[C@H]1C(=O)NC1CCCc2ccccc21)C(C)(C)C)N(C)C(=O)OC(C)(C)C. The summed E-state index contributed by atoms with van der Waals surface area (Å²) in [4.78, 5) is 129. The number of carbonyl (C=O) groups is 9. The van der Waals surface area contributed by atoms with Crippen molar-refractivity contribution in [1.29, 1.82) is 0 Å². The Balaban J connectivity index is 0.765. The summed E-state index contributed by atoms with van der Waals surface area (Å²) in [7, 11) is 1.44. The van der Waals surface area contributed by atoms with Gasteiger partial charge in [0.2, 0.25) is 41.4 Å². The van der Waals surface area contributed by atoms with E-state index in [4.69, 9.17) is 15.2 Å². The normalized spacial score (nSPS) is 21.1. The van der Waals surface area contributed by atoms with Crippen LogP contribution in [0.3, 0.4) is 0 Å². The number of aryl methyl sites for hydroxylation is 2. The Labute approximate surface area is 534 Å². The summed E-state index contributed by atoms with van der Waals surface area (Å²) in [6.45, 7) is 12.4. The number of alkyl carbamates (subject to hydrolysis) is 1. The molecular weight excluding hydrogens is 1160 g/mol. The van der Waals surface area contributed by atoms with Crippen molar-refractivity contribution in [3.63, 3.8) is 0 Å². The second-order valence-corrected chi connectivity index (χ2v) is 27.2. The maximum Gasteiger partial charge on any atom is 0.410 e. The third-order valence-electron chi connectivity index (χ3n) is 18.4. The number of hydrogen-bond donors (Lipinski definition) is 7. The van der Waals surface area contributed by atoms with E-state index in [1.54, 1.807) is 41.5 Å². The number of nitrogens with one attached hydrogen (secondary N) is 6. The van der Waals surface area contributed by atoms with Gasteiger partial charge in [-0.3, -0.25) is 38.5 Å². The molecule has 2 heterocycles. The topological polar surface area (TPSA) is 280 Å². The highest BCUT2D eigenvalue weighted by Crippen LogP contribution is 2.45. The van der Waals surface area contributed by atoms with Crippen LogP contribution in [0, 0.1) is 5.41 Å². The lowest BCUT2D eigenvalue weighted by Gasteiger charge is -2.37. The third-order valence-corrected chi connectivity index (χ3v) is 18.4. The number of nitrogens with two attached hydrogens (primary N) is 1. The summed E-state index contributed by atoms with van der Waals surface area (Å²) in [5.41, 5.74) is 13.7. The molecule has 9 atom stereocenters. The van der Waals surface area contributed by atoms with Crippen LogP contribution < -0.4 is 37.6 Å². The second kappa shape index (κ2) is 29.3. The summed E-state index contributed by atoms with van der Waals surface area (Å²) in [5, 5.41) is 18.1. The Morgan fingerprint density at radius 3 is 1.66 bits per heavy atom. The Hall–Kier alpha value is -8.33. The van der Waals surface area contributed by atoms with Crippen molar-refractivity contribution in [3.05, 3.63) is 130 Å². The van der Waals surface area contributed by atoms with Crippen LogP contribution in [0.25, 0.3) is 11.1 Å². The van der Waals surface area contributed by atoms with E-state index in [-0.39, 0.29) is 106 Å². The van der Waals surface area contributed by atoms with Crippen LogP contribution in [-0.4, -0.2) is 149 Å². The van der Waals surface area contributed by atoms with E-state index >= 15 is 0 Å². The summed E-state index contributed by atoms with van der Waals surface area (Å²) in [6.07, 6.45) is 4.62. The molecule has 488 valence electrons. The predicted molar refractivity (Wildman–Crippen MR) is 344 cm³/mol.